The number of Topliss-reactive ketones (excluding diaryl/α,β-unsaturated/α-hetero) is 1. The lowest BCUT2D eigenvalue weighted by atomic mass is 9.88. The second kappa shape index (κ2) is 6.50. The molecule has 1 aliphatic rings. The first-order chi connectivity index (χ1) is 9.33. The Hall–Kier alpha value is -1.64. The van der Waals surface area contributed by atoms with Gasteiger partial charge in [-0.15, -0.1) is 0 Å². The summed E-state index contributed by atoms with van der Waals surface area (Å²) in [6.45, 7) is 4.92. The van der Waals surface area contributed by atoms with Crippen LogP contribution < -0.4 is 0 Å². The van der Waals surface area contributed by atoms with Gasteiger partial charge in [-0.2, -0.15) is 0 Å². The summed E-state index contributed by atoms with van der Waals surface area (Å²) in [6, 6.07) is 8.15. The van der Waals surface area contributed by atoms with Gasteiger partial charge < -0.3 is 4.57 Å². The van der Waals surface area contributed by atoms with Crippen molar-refractivity contribution >= 4 is 16.8 Å². The van der Waals surface area contributed by atoms with Crippen molar-refractivity contribution in [2.24, 2.45) is 5.92 Å². The fourth-order valence-electron chi connectivity index (χ4n) is 2.70. The third-order valence-corrected chi connectivity index (χ3v) is 3.57. The number of carbonyl (C=O) groups excluding carboxylic acids is 1. The minimum Gasteiger partial charge on any atom is -0.330 e. The van der Waals surface area contributed by atoms with Crippen LogP contribution in [0.3, 0.4) is 0 Å². The topological polar surface area (TPSA) is 34.9 Å². The molecule has 19 heavy (non-hydrogen) atoms. The summed E-state index contributed by atoms with van der Waals surface area (Å²) in [7, 11) is 0. The van der Waals surface area contributed by atoms with Gasteiger partial charge in [-0.05, 0) is 30.9 Å². The number of aromatic nitrogens is 2. The Morgan fingerprint density at radius 3 is 2.89 bits per heavy atom. The van der Waals surface area contributed by atoms with E-state index in [2.05, 4.69) is 15.6 Å². The second-order valence-corrected chi connectivity index (χ2v) is 4.89. The zero-order valence-corrected chi connectivity index (χ0v) is 11.8. The van der Waals surface area contributed by atoms with Crippen LogP contribution in [-0.2, 0) is 11.3 Å². The van der Waals surface area contributed by atoms with E-state index in [1.165, 1.54) is 5.52 Å². The van der Waals surface area contributed by atoms with Gasteiger partial charge >= 0.3 is 0 Å². The third kappa shape index (κ3) is 3.22. The Bertz CT molecular complexity index is 544. The molecule has 3 heteroatoms. The summed E-state index contributed by atoms with van der Waals surface area (Å²) in [5.74, 6) is 0.916. The molecule has 1 heterocycles. The smallest absolute Gasteiger partial charge is 0.133 e. The molecule has 1 aliphatic carbocycles. The van der Waals surface area contributed by atoms with E-state index in [1.807, 2.05) is 38.4 Å². The molecule has 0 N–H and O–H groups in total. The molecule has 1 saturated carbocycles. The maximum Gasteiger partial charge on any atom is 0.133 e. The molecule has 102 valence electrons. The van der Waals surface area contributed by atoms with E-state index >= 15 is 0 Å². The molecule has 0 bridgehead atoms. The molecular formula is C16H22N2O. The van der Waals surface area contributed by atoms with E-state index in [9.17, 15) is 4.79 Å². The normalized spacial score (nSPS) is 19.1. The van der Waals surface area contributed by atoms with Crippen LogP contribution in [0.25, 0.3) is 11.0 Å². The zero-order chi connectivity index (χ0) is 13.7. The maximum absolute atomic E-state index is 11.4. The highest BCUT2D eigenvalue weighted by Gasteiger charge is 2.20. The van der Waals surface area contributed by atoms with Crippen LogP contribution in [0.1, 0.15) is 39.5 Å². The van der Waals surface area contributed by atoms with Gasteiger partial charge in [0.25, 0.3) is 0 Å². The number of rotatable bonds is 2. The molecule has 1 fully saturated rings. The Morgan fingerprint density at radius 1 is 1.32 bits per heavy atom. The van der Waals surface area contributed by atoms with E-state index in [0.717, 1.165) is 37.7 Å². The van der Waals surface area contributed by atoms with Crippen LogP contribution in [0.4, 0.5) is 0 Å². The van der Waals surface area contributed by atoms with Crippen molar-refractivity contribution in [2.75, 3.05) is 0 Å². The molecule has 0 saturated heterocycles. The quantitative estimate of drug-likeness (QED) is 0.820. The molecule has 1 aromatic carbocycles. The highest BCUT2D eigenvalue weighted by Crippen LogP contribution is 2.24. The molecule has 3 nitrogen and oxygen atoms in total. The summed E-state index contributed by atoms with van der Waals surface area (Å²) in [5.41, 5.74) is 2.21. The lowest BCUT2D eigenvalue weighted by Crippen LogP contribution is -2.19. The van der Waals surface area contributed by atoms with Crippen molar-refractivity contribution < 1.29 is 4.79 Å². The average molecular weight is 258 g/mol. The number of imidazole rings is 1. The van der Waals surface area contributed by atoms with Crippen molar-refractivity contribution in [2.45, 2.75) is 46.1 Å². The second-order valence-electron chi connectivity index (χ2n) is 4.89. The first kappa shape index (κ1) is 13.8. The Kier molecular flexibility index (Phi) is 4.72. The summed E-state index contributed by atoms with van der Waals surface area (Å²) in [5, 5.41) is 0. The lowest BCUT2D eigenvalue weighted by molar-refractivity contribution is -0.121. The van der Waals surface area contributed by atoms with Crippen LogP contribution in [0.15, 0.2) is 30.6 Å². The van der Waals surface area contributed by atoms with Gasteiger partial charge in [0, 0.05) is 19.4 Å². The van der Waals surface area contributed by atoms with Gasteiger partial charge in [0.2, 0.25) is 0 Å². The lowest BCUT2D eigenvalue weighted by Gasteiger charge is -2.21. The number of nitrogens with zero attached hydrogens (tertiary/aromatic N) is 2. The van der Waals surface area contributed by atoms with Gasteiger partial charge in [0.15, 0.2) is 0 Å². The molecular weight excluding hydrogens is 236 g/mol. The average Bonchev–Trinajstić information content (AvgIpc) is 2.85. The fraction of sp³-hybridized carbons (Fsp3) is 0.500. The zero-order valence-electron chi connectivity index (χ0n) is 11.8. The molecule has 1 aromatic heterocycles. The molecule has 0 spiro atoms. The molecule has 0 radical (unpaired) electrons. The molecule has 1 atom stereocenters. The van der Waals surface area contributed by atoms with Crippen molar-refractivity contribution in [1.29, 1.82) is 0 Å². The van der Waals surface area contributed by atoms with E-state index in [4.69, 9.17) is 0 Å². The van der Waals surface area contributed by atoms with E-state index < -0.39 is 0 Å². The van der Waals surface area contributed by atoms with Crippen LogP contribution >= 0.6 is 0 Å². The minimum absolute atomic E-state index is 0.422. The van der Waals surface area contributed by atoms with Crippen LogP contribution in [0.2, 0.25) is 0 Å². The van der Waals surface area contributed by atoms with Crippen LogP contribution in [0.5, 0.6) is 0 Å². The SMILES string of the molecule is CC.O=C1CCCC(Cn2cnc3ccccc32)C1. The molecule has 2 aromatic rings. The van der Waals surface area contributed by atoms with Gasteiger partial charge in [-0.1, -0.05) is 26.0 Å². The molecule has 1 unspecified atom stereocenters. The number of ketones is 1. The van der Waals surface area contributed by atoms with E-state index in [-0.39, 0.29) is 0 Å². The Morgan fingerprint density at radius 2 is 2.11 bits per heavy atom. The number of hydrogen-bond donors (Lipinski definition) is 0. The van der Waals surface area contributed by atoms with E-state index in [0.29, 0.717) is 11.7 Å². The molecule has 0 aliphatic heterocycles. The van der Waals surface area contributed by atoms with Crippen molar-refractivity contribution in [3.63, 3.8) is 0 Å². The number of benzene rings is 1. The van der Waals surface area contributed by atoms with E-state index in [1.54, 1.807) is 0 Å². The van der Waals surface area contributed by atoms with Crippen molar-refractivity contribution in [3.8, 4) is 0 Å². The third-order valence-electron chi connectivity index (χ3n) is 3.57. The Balaban J connectivity index is 0.000000637. The molecule has 0 amide bonds. The first-order valence-electron chi connectivity index (χ1n) is 7.24. The van der Waals surface area contributed by atoms with Crippen molar-refractivity contribution in [3.05, 3.63) is 30.6 Å². The van der Waals surface area contributed by atoms with Crippen LogP contribution in [0, 0.1) is 5.92 Å². The predicted molar refractivity (Wildman–Crippen MR) is 78.0 cm³/mol. The standard InChI is InChI=1S/C14H16N2O.C2H6/c17-12-5-3-4-11(8-12)9-16-10-15-13-6-1-2-7-14(13)16;1-2/h1-2,6-7,10-11H,3-5,8-9H2;1-2H3. The molecule has 3 rings (SSSR count). The summed E-state index contributed by atoms with van der Waals surface area (Å²) in [6.07, 6.45) is 5.63. The Labute approximate surface area is 114 Å². The summed E-state index contributed by atoms with van der Waals surface area (Å²) in [4.78, 5) is 15.8. The summed E-state index contributed by atoms with van der Waals surface area (Å²) >= 11 is 0. The number of carbonyl (C=O) groups is 1. The highest BCUT2D eigenvalue weighted by molar-refractivity contribution is 5.79. The van der Waals surface area contributed by atoms with Gasteiger partial charge in [-0.25, -0.2) is 4.98 Å². The van der Waals surface area contributed by atoms with Crippen LogP contribution in [-0.4, -0.2) is 15.3 Å². The number of hydrogen-bond acceptors (Lipinski definition) is 2. The van der Waals surface area contributed by atoms with Gasteiger partial charge in [0.05, 0.1) is 17.4 Å². The van der Waals surface area contributed by atoms with Gasteiger partial charge in [0.1, 0.15) is 5.78 Å². The maximum atomic E-state index is 11.4. The monoisotopic (exact) mass is 258 g/mol. The fourth-order valence-corrected chi connectivity index (χ4v) is 2.70. The van der Waals surface area contributed by atoms with Crippen molar-refractivity contribution in [1.82, 2.24) is 9.55 Å². The largest absolute Gasteiger partial charge is 0.330 e. The summed E-state index contributed by atoms with van der Waals surface area (Å²) < 4.78 is 2.18. The number of para-hydroxylation sites is 2. The minimum atomic E-state index is 0.422. The van der Waals surface area contributed by atoms with Gasteiger partial charge in [-0.3, -0.25) is 4.79 Å². The first-order valence-corrected chi connectivity index (χ1v) is 7.24. The number of fused-ring (bicyclic) bond motifs is 1. The highest BCUT2D eigenvalue weighted by atomic mass is 16.1. The predicted octanol–water partition coefficient (Wildman–Crippen LogP) is 3.82.